The highest BCUT2D eigenvalue weighted by Gasteiger charge is 2.16. The molecule has 1 rings (SSSR count). The average Bonchev–Trinajstić information content (AvgIpc) is 2.61. The Hall–Kier alpha value is -0.880. The van der Waals surface area contributed by atoms with Crippen molar-refractivity contribution in [2.45, 2.75) is 45.0 Å². The van der Waals surface area contributed by atoms with Gasteiger partial charge in [-0.05, 0) is 20.8 Å². The number of imidazole rings is 1. The Morgan fingerprint density at radius 1 is 1.41 bits per heavy atom. The van der Waals surface area contributed by atoms with Gasteiger partial charge in [-0.1, -0.05) is 0 Å². The van der Waals surface area contributed by atoms with Crippen molar-refractivity contribution in [3.05, 3.63) is 18.2 Å². The van der Waals surface area contributed by atoms with Crippen LogP contribution in [0.4, 0.5) is 0 Å². The van der Waals surface area contributed by atoms with E-state index in [-0.39, 0.29) is 17.0 Å². The van der Waals surface area contributed by atoms with Gasteiger partial charge in [0.05, 0.1) is 11.0 Å². The standard InChI is InChI=1S/C11H21N3O2S/c1-9(2)17(15,16)7-6-14-5-4-13-11(14)8-10(3)12/h4-5,9-10H,6-8,12H2,1-3H3. The summed E-state index contributed by atoms with van der Waals surface area (Å²) < 4.78 is 25.3. The maximum absolute atomic E-state index is 11.7. The van der Waals surface area contributed by atoms with Crippen LogP contribution < -0.4 is 5.73 Å². The molecule has 0 saturated carbocycles. The van der Waals surface area contributed by atoms with E-state index in [2.05, 4.69) is 4.98 Å². The maximum Gasteiger partial charge on any atom is 0.154 e. The van der Waals surface area contributed by atoms with Crippen molar-refractivity contribution in [3.8, 4) is 0 Å². The lowest BCUT2D eigenvalue weighted by atomic mass is 10.2. The van der Waals surface area contributed by atoms with Crippen LogP contribution in [0.3, 0.4) is 0 Å². The van der Waals surface area contributed by atoms with Gasteiger partial charge in [0.15, 0.2) is 9.84 Å². The summed E-state index contributed by atoms with van der Waals surface area (Å²) in [5, 5.41) is -0.331. The topological polar surface area (TPSA) is 78.0 Å². The minimum atomic E-state index is -3.00. The van der Waals surface area contributed by atoms with Gasteiger partial charge in [0.1, 0.15) is 5.82 Å². The highest BCUT2D eigenvalue weighted by Crippen LogP contribution is 2.05. The smallest absolute Gasteiger partial charge is 0.154 e. The molecule has 0 radical (unpaired) electrons. The summed E-state index contributed by atoms with van der Waals surface area (Å²) in [4.78, 5) is 4.19. The molecule has 0 saturated heterocycles. The molecule has 0 fully saturated rings. The monoisotopic (exact) mass is 259 g/mol. The maximum atomic E-state index is 11.7. The van der Waals surface area contributed by atoms with Gasteiger partial charge in [-0.2, -0.15) is 0 Å². The molecule has 0 spiro atoms. The van der Waals surface area contributed by atoms with Gasteiger partial charge >= 0.3 is 0 Å². The van der Waals surface area contributed by atoms with Crippen LogP contribution in [0.1, 0.15) is 26.6 Å². The van der Waals surface area contributed by atoms with E-state index in [9.17, 15) is 8.42 Å². The fourth-order valence-electron chi connectivity index (χ4n) is 1.48. The normalized spacial score (nSPS) is 14.2. The van der Waals surface area contributed by atoms with Crippen molar-refractivity contribution in [2.75, 3.05) is 5.75 Å². The van der Waals surface area contributed by atoms with Crippen LogP contribution in [0.5, 0.6) is 0 Å². The summed E-state index contributed by atoms with van der Waals surface area (Å²) in [5.41, 5.74) is 5.71. The lowest BCUT2D eigenvalue weighted by molar-refractivity contribution is 0.575. The van der Waals surface area contributed by atoms with E-state index >= 15 is 0 Å². The Bertz CT molecular complexity index is 449. The Morgan fingerprint density at radius 2 is 2.06 bits per heavy atom. The van der Waals surface area contributed by atoms with Crippen LogP contribution in [0, 0.1) is 0 Å². The molecule has 1 unspecified atom stereocenters. The molecule has 0 aliphatic carbocycles. The zero-order valence-electron chi connectivity index (χ0n) is 10.6. The predicted molar refractivity (Wildman–Crippen MR) is 68.5 cm³/mol. The zero-order chi connectivity index (χ0) is 13.1. The van der Waals surface area contributed by atoms with Crippen molar-refractivity contribution in [2.24, 2.45) is 5.73 Å². The number of hydrogen-bond acceptors (Lipinski definition) is 4. The average molecular weight is 259 g/mol. The lowest BCUT2D eigenvalue weighted by Gasteiger charge is -2.11. The first-order valence-electron chi connectivity index (χ1n) is 5.80. The quantitative estimate of drug-likeness (QED) is 0.811. The molecule has 2 N–H and O–H groups in total. The second kappa shape index (κ2) is 5.64. The largest absolute Gasteiger partial charge is 0.334 e. The molecule has 0 aromatic carbocycles. The van der Waals surface area contributed by atoms with Gasteiger partial charge in [-0.3, -0.25) is 0 Å². The SMILES string of the molecule is CC(N)Cc1nccn1CCS(=O)(=O)C(C)C. The van der Waals surface area contributed by atoms with Crippen LogP contribution in [-0.2, 0) is 22.8 Å². The number of sulfone groups is 1. The summed E-state index contributed by atoms with van der Waals surface area (Å²) in [5.74, 6) is 0.992. The van der Waals surface area contributed by atoms with Gasteiger partial charge in [-0.25, -0.2) is 13.4 Å². The van der Waals surface area contributed by atoms with Crippen LogP contribution >= 0.6 is 0 Å². The first kappa shape index (κ1) is 14.2. The summed E-state index contributed by atoms with van der Waals surface area (Å²) in [6.07, 6.45) is 4.14. The summed E-state index contributed by atoms with van der Waals surface area (Å²) in [7, 11) is -3.00. The molecule has 1 aromatic heterocycles. The number of nitrogens with zero attached hydrogens (tertiary/aromatic N) is 2. The minimum absolute atomic E-state index is 0.0258. The van der Waals surface area contributed by atoms with E-state index in [1.54, 1.807) is 26.2 Å². The Balaban J connectivity index is 2.67. The third-order valence-corrected chi connectivity index (χ3v) is 4.83. The summed E-state index contributed by atoms with van der Waals surface area (Å²) in [6.45, 7) is 5.75. The van der Waals surface area contributed by atoms with Crippen LogP contribution in [0.25, 0.3) is 0 Å². The first-order valence-corrected chi connectivity index (χ1v) is 7.51. The van der Waals surface area contributed by atoms with E-state index in [0.717, 1.165) is 5.82 Å². The molecule has 6 heteroatoms. The Labute approximate surface area is 103 Å². The summed E-state index contributed by atoms with van der Waals surface area (Å²) >= 11 is 0. The molecule has 1 aromatic rings. The molecule has 1 atom stereocenters. The van der Waals surface area contributed by atoms with Gasteiger partial charge in [0.25, 0.3) is 0 Å². The van der Waals surface area contributed by atoms with Crippen molar-refractivity contribution in [1.82, 2.24) is 9.55 Å². The van der Waals surface area contributed by atoms with Gasteiger partial charge in [0.2, 0.25) is 0 Å². The first-order chi connectivity index (χ1) is 7.83. The predicted octanol–water partition coefficient (Wildman–Crippen LogP) is 0.596. The molecule has 5 nitrogen and oxygen atoms in total. The van der Waals surface area contributed by atoms with Crippen molar-refractivity contribution in [3.63, 3.8) is 0 Å². The van der Waals surface area contributed by atoms with E-state index < -0.39 is 9.84 Å². The number of aromatic nitrogens is 2. The van der Waals surface area contributed by atoms with Gasteiger partial charge < -0.3 is 10.3 Å². The van der Waals surface area contributed by atoms with Crippen LogP contribution in [0.2, 0.25) is 0 Å². The molecule has 0 aliphatic heterocycles. The molecule has 98 valence electrons. The number of aryl methyl sites for hydroxylation is 1. The molecule has 0 bridgehead atoms. The highest BCUT2D eigenvalue weighted by molar-refractivity contribution is 7.91. The Morgan fingerprint density at radius 3 is 2.59 bits per heavy atom. The van der Waals surface area contributed by atoms with Crippen molar-refractivity contribution in [1.29, 1.82) is 0 Å². The molecule has 0 amide bonds. The molecular formula is C11H21N3O2S. The molecular weight excluding hydrogens is 238 g/mol. The van der Waals surface area contributed by atoms with Crippen LogP contribution in [-0.4, -0.2) is 35.0 Å². The lowest BCUT2D eigenvalue weighted by Crippen LogP contribution is -2.24. The summed E-state index contributed by atoms with van der Waals surface area (Å²) in [6, 6.07) is 0.0258. The van der Waals surface area contributed by atoms with Crippen molar-refractivity contribution < 1.29 is 8.42 Å². The van der Waals surface area contributed by atoms with Gasteiger partial charge in [0, 0.05) is 31.4 Å². The zero-order valence-corrected chi connectivity index (χ0v) is 11.4. The van der Waals surface area contributed by atoms with E-state index in [4.69, 9.17) is 5.73 Å². The number of hydrogen-bond donors (Lipinski definition) is 1. The third-order valence-electron chi connectivity index (χ3n) is 2.64. The van der Waals surface area contributed by atoms with E-state index in [1.807, 2.05) is 11.5 Å². The highest BCUT2D eigenvalue weighted by atomic mass is 32.2. The Kier molecular flexibility index (Phi) is 4.70. The fourth-order valence-corrected chi connectivity index (χ4v) is 2.41. The second-order valence-electron chi connectivity index (χ2n) is 4.63. The minimum Gasteiger partial charge on any atom is -0.334 e. The fraction of sp³-hybridized carbons (Fsp3) is 0.727. The second-order valence-corrected chi connectivity index (χ2v) is 7.31. The van der Waals surface area contributed by atoms with E-state index in [1.165, 1.54) is 0 Å². The number of rotatable bonds is 6. The number of nitrogens with two attached hydrogens (primary N) is 1. The van der Waals surface area contributed by atoms with Crippen LogP contribution in [0.15, 0.2) is 12.4 Å². The van der Waals surface area contributed by atoms with Crippen molar-refractivity contribution >= 4 is 9.84 Å². The van der Waals surface area contributed by atoms with E-state index in [0.29, 0.717) is 13.0 Å². The molecule has 0 aliphatic rings. The molecule has 1 heterocycles. The van der Waals surface area contributed by atoms with Gasteiger partial charge in [-0.15, -0.1) is 0 Å². The molecule has 17 heavy (non-hydrogen) atoms. The third kappa shape index (κ3) is 4.12.